The third-order valence-electron chi connectivity index (χ3n) is 4.13. The van der Waals surface area contributed by atoms with Gasteiger partial charge in [-0.2, -0.15) is 4.68 Å². The highest BCUT2D eigenvalue weighted by Gasteiger charge is 2.13. The molecular formula is C19H16N4O2S. The molecule has 0 amide bonds. The Morgan fingerprint density at radius 1 is 1.12 bits per heavy atom. The van der Waals surface area contributed by atoms with Crippen molar-refractivity contribution in [3.05, 3.63) is 75.6 Å². The van der Waals surface area contributed by atoms with Gasteiger partial charge in [0.15, 0.2) is 0 Å². The van der Waals surface area contributed by atoms with E-state index in [9.17, 15) is 4.79 Å². The van der Waals surface area contributed by atoms with E-state index in [1.807, 2.05) is 56.3 Å². The summed E-state index contributed by atoms with van der Waals surface area (Å²) in [6, 6.07) is 15.3. The van der Waals surface area contributed by atoms with Crippen LogP contribution in [0.5, 0.6) is 0 Å². The number of benzene rings is 2. The number of nitrogens with zero attached hydrogens (tertiary/aromatic N) is 4. The van der Waals surface area contributed by atoms with Crippen LogP contribution >= 0.6 is 11.8 Å². The maximum atomic E-state index is 11.9. The molecule has 0 bridgehead atoms. The summed E-state index contributed by atoms with van der Waals surface area (Å²) in [6.07, 6.45) is 0. The third kappa shape index (κ3) is 3.13. The predicted octanol–water partition coefficient (Wildman–Crippen LogP) is 3.68. The highest BCUT2D eigenvalue weighted by molar-refractivity contribution is 7.98. The third-order valence-corrected chi connectivity index (χ3v) is 5.10. The van der Waals surface area contributed by atoms with E-state index in [0.717, 1.165) is 27.8 Å². The highest BCUT2D eigenvalue weighted by Crippen LogP contribution is 2.27. The Hall–Kier alpha value is -2.93. The quantitative estimate of drug-likeness (QED) is 0.406. The summed E-state index contributed by atoms with van der Waals surface area (Å²) in [6.45, 7) is 3.99. The molecule has 2 heterocycles. The minimum Gasteiger partial charge on any atom is -0.423 e. The van der Waals surface area contributed by atoms with Crippen LogP contribution in [0.4, 0.5) is 0 Å². The zero-order valence-corrected chi connectivity index (χ0v) is 15.2. The molecule has 26 heavy (non-hydrogen) atoms. The van der Waals surface area contributed by atoms with E-state index in [-0.39, 0.29) is 5.63 Å². The second kappa shape index (κ2) is 6.76. The molecular weight excluding hydrogens is 348 g/mol. The van der Waals surface area contributed by atoms with Gasteiger partial charge in [0.2, 0.25) is 5.16 Å². The van der Waals surface area contributed by atoms with Crippen molar-refractivity contribution in [1.82, 2.24) is 20.2 Å². The molecule has 0 saturated carbocycles. The summed E-state index contributed by atoms with van der Waals surface area (Å²) in [5.41, 5.74) is 4.23. The topological polar surface area (TPSA) is 73.8 Å². The number of thioether (sulfide) groups is 1. The van der Waals surface area contributed by atoms with Crippen LogP contribution in [-0.2, 0) is 5.75 Å². The average molecular weight is 364 g/mol. The zero-order chi connectivity index (χ0) is 18.1. The van der Waals surface area contributed by atoms with Gasteiger partial charge in [0.25, 0.3) is 0 Å². The van der Waals surface area contributed by atoms with Gasteiger partial charge < -0.3 is 4.42 Å². The lowest BCUT2D eigenvalue weighted by molar-refractivity contribution is 0.559. The van der Waals surface area contributed by atoms with Crippen molar-refractivity contribution in [1.29, 1.82) is 0 Å². The Labute approximate surface area is 153 Å². The monoisotopic (exact) mass is 364 g/mol. The summed E-state index contributed by atoms with van der Waals surface area (Å²) in [7, 11) is 0. The van der Waals surface area contributed by atoms with Crippen molar-refractivity contribution in [3.63, 3.8) is 0 Å². The first-order valence-corrected chi connectivity index (χ1v) is 9.11. The first-order valence-electron chi connectivity index (χ1n) is 8.12. The van der Waals surface area contributed by atoms with Crippen LogP contribution in [0.25, 0.3) is 16.7 Å². The van der Waals surface area contributed by atoms with Crippen LogP contribution in [0.2, 0.25) is 0 Å². The number of para-hydroxylation sites is 1. The average Bonchev–Trinajstić information content (AvgIpc) is 3.08. The zero-order valence-electron chi connectivity index (χ0n) is 14.3. The summed E-state index contributed by atoms with van der Waals surface area (Å²) in [4.78, 5) is 11.9. The molecule has 0 aliphatic rings. The molecule has 7 heteroatoms. The molecule has 0 unspecified atom stereocenters. The van der Waals surface area contributed by atoms with Gasteiger partial charge in [0.05, 0.1) is 5.69 Å². The van der Waals surface area contributed by atoms with E-state index in [1.54, 1.807) is 4.68 Å². The van der Waals surface area contributed by atoms with Crippen molar-refractivity contribution >= 4 is 22.7 Å². The van der Waals surface area contributed by atoms with Gasteiger partial charge in [-0.3, -0.25) is 0 Å². The fraction of sp³-hybridized carbons (Fsp3) is 0.158. The predicted molar refractivity (Wildman–Crippen MR) is 101 cm³/mol. The Kier molecular flexibility index (Phi) is 4.30. The molecule has 0 aliphatic heterocycles. The second-order valence-corrected chi connectivity index (χ2v) is 6.98. The summed E-state index contributed by atoms with van der Waals surface area (Å²) in [5.74, 6) is 0.567. The first-order chi connectivity index (χ1) is 12.6. The number of hydrogen-bond donors (Lipinski definition) is 0. The number of aromatic nitrogens is 4. The van der Waals surface area contributed by atoms with E-state index < -0.39 is 0 Å². The van der Waals surface area contributed by atoms with Gasteiger partial charge in [0, 0.05) is 17.2 Å². The Morgan fingerprint density at radius 3 is 2.81 bits per heavy atom. The van der Waals surface area contributed by atoms with Crippen LogP contribution in [0.3, 0.4) is 0 Å². The van der Waals surface area contributed by atoms with Gasteiger partial charge in [0.1, 0.15) is 5.58 Å². The second-order valence-electron chi connectivity index (χ2n) is 6.04. The van der Waals surface area contributed by atoms with E-state index in [0.29, 0.717) is 16.5 Å². The normalized spacial score (nSPS) is 11.2. The Bertz CT molecular complexity index is 1150. The molecule has 0 saturated heterocycles. The van der Waals surface area contributed by atoms with Gasteiger partial charge in [-0.1, -0.05) is 42.1 Å². The molecule has 0 spiro atoms. The fourth-order valence-corrected chi connectivity index (χ4v) is 3.69. The molecule has 0 radical (unpaired) electrons. The maximum Gasteiger partial charge on any atom is 0.336 e. The van der Waals surface area contributed by atoms with Crippen molar-refractivity contribution in [2.24, 2.45) is 0 Å². The van der Waals surface area contributed by atoms with Gasteiger partial charge in [-0.05, 0) is 53.1 Å². The number of tetrazole rings is 1. The number of hydrogen-bond acceptors (Lipinski definition) is 6. The molecule has 0 fully saturated rings. The number of aryl methyl sites for hydroxylation is 2. The van der Waals surface area contributed by atoms with Gasteiger partial charge in [-0.15, -0.1) is 5.10 Å². The molecule has 4 aromatic rings. The molecule has 4 rings (SSSR count). The molecule has 0 atom stereocenters. The Morgan fingerprint density at radius 2 is 1.96 bits per heavy atom. The minimum absolute atomic E-state index is 0.350. The summed E-state index contributed by atoms with van der Waals surface area (Å²) < 4.78 is 7.04. The van der Waals surface area contributed by atoms with Crippen molar-refractivity contribution in [2.45, 2.75) is 24.8 Å². The first kappa shape index (κ1) is 16.5. The fourth-order valence-electron chi connectivity index (χ4n) is 2.82. The lowest BCUT2D eigenvalue weighted by atomic mass is 10.1. The van der Waals surface area contributed by atoms with Crippen LogP contribution < -0.4 is 5.63 Å². The van der Waals surface area contributed by atoms with E-state index >= 15 is 0 Å². The van der Waals surface area contributed by atoms with E-state index in [4.69, 9.17) is 4.42 Å². The molecule has 2 aromatic carbocycles. The van der Waals surface area contributed by atoms with Gasteiger partial charge in [-0.25, -0.2) is 4.79 Å². The number of fused-ring (bicyclic) bond motifs is 1. The van der Waals surface area contributed by atoms with Crippen LogP contribution in [0, 0.1) is 13.8 Å². The smallest absolute Gasteiger partial charge is 0.336 e. The maximum absolute atomic E-state index is 11.9. The van der Waals surface area contributed by atoms with Gasteiger partial charge >= 0.3 is 5.63 Å². The van der Waals surface area contributed by atoms with Crippen LogP contribution in [0.15, 0.2) is 62.9 Å². The lowest BCUT2D eigenvalue weighted by Crippen LogP contribution is -2.03. The van der Waals surface area contributed by atoms with Crippen molar-refractivity contribution < 1.29 is 4.42 Å². The van der Waals surface area contributed by atoms with E-state index in [2.05, 4.69) is 15.5 Å². The Balaban J connectivity index is 1.68. The minimum atomic E-state index is -0.350. The molecule has 2 aromatic heterocycles. The van der Waals surface area contributed by atoms with Crippen molar-refractivity contribution in [3.8, 4) is 5.69 Å². The van der Waals surface area contributed by atoms with Crippen LogP contribution in [0.1, 0.15) is 16.7 Å². The summed E-state index contributed by atoms with van der Waals surface area (Å²) in [5, 5.41) is 13.6. The van der Waals surface area contributed by atoms with Crippen LogP contribution in [-0.4, -0.2) is 20.2 Å². The molecule has 0 N–H and O–H groups in total. The molecule has 130 valence electrons. The lowest BCUT2D eigenvalue weighted by Gasteiger charge is -2.08. The van der Waals surface area contributed by atoms with E-state index in [1.165, 1.54) is 17.8 Å². The molecule has 6 nitrogen and oxygen atoms in total. The highest BCUT2D eigenvalue weighted by atomic mass is 32.2. The summed E-state index contributed by atoms with van der Waals surface area (Å²) >= 11 is 1.48. The largest absolute Gasteiger partial charge is 0.423 e. The molecule has 0 aliphatic carbocycles. The standard InChI is InChI=1S/C19H16N4O2S/c1-12-7-8-15-14(10-18(24)25-17(15)9-12)11-26-19-20-21-22-23(19)16-6-4-3-5-13(16)2/h3-10H,11H2,1-2H3. The van der Waals surface area contributed by atoms with Crippen molar-refractivity contribution in [2.75, 3.05) is 0 Å². The SMILES string of the molecule is Cc1ccc2c(CSc3nnnn3-c3ccccc3C)cc(=O)oc2c1. The number of rotatable bonds is 4.